The Morgan fingerprint density at radius 2 is 1.52 bits per heavy atom. The van der Waals surface area contributed by atoms with Gasteiger partial charge in [0, 0.05) is 22.0 Å². The van der Waals surface area contributed by atoms with Crippen LogP contribution in [0.1, 0.15) is 22.3 Å². The minimum Gasteiger partial charge on any atom is -0.270 e. The summed E-state index contributed by atoms with van der Waals surface area (Å²) in [6, 6.07) is 22.7. The predicted molar refractivity (Wildman–Crippen MR) is 122 cm³/mol. The van der Waals surface area contributed by atoms with Crippen LogP contribution in [0.5, 0.6) is 0 Å². The van der Waals surface area contributed by atoms with Gasteiger partial charge < -0.3 is 0 Å². The zero-order valence-corrected chi connectivity index (χ0v) is 18.3. The molecule has 3 nitrogen and oxygen atoms in total. The van der Waals surface area contributed by atoms with Crippen molar-refractivity contribution in [3.05, 3.63) is 94.0 Å². The summed E-state index contributed by atoms with van der Waals surface area (Å²) in [5.41, 5.74) is 7.14. The van der Waals surface area contributed by atoms with Gasteiger partial charge in [0.1, 0.15) is 0 Å². The molecule has 0 aliphatic rings. The van der Waals surface area contributed by atoms with Gasteiger partial charge in [0.25, 0.3) is 0 Å². The van der Waals surface area contributed by atoms with Crippen molar-refractivity contribution < 1.29 is 0 Å². The van der Waals surface area contributed by atoms with Crippen LogP contribution in [0.3, 0.4) is 0 Å². The van der Waals surface area contributed by atoms with Crippen LogP contribution in [-0.2, 0) is 5.75 Å². The topological polar surface area (TPSA) is 30.7 Å². The Hall–Kier alpha value is -2.56. The molecule has 0 spiro atoms. The van der Waals surface area contributed by atoms with Crippen LogP contribution in [0.15, 0.2) is 71.9 Å². The molecule has 0 saturated heterocycles. The van der Waals surface area contributed by atoms with Crippen molar-refractivity contribution in [2.24, 2.45) is 0 Å². The number of hydrogen-bond acceptors (Lipinski definition) is 3. The highest BCUT2D eigenvalue weighted by atomic mass is 35.5. The first-order valence-corrected chi connectivity index (χ1v) is 10.8. The molecule has 1 aromatic heterocycles. The molecule has 0 amide bonds. The molecule has 4 rings (SSSR count). The summed E-state index contributed by atoms with van der Waals surface area (Å²) in [5.74, 6) is 1.66. The lowest BCUT2D eigenvalue weighted by Crippen LogP contribution is -2.00. The molecule has 0 atom stereocenters. The molecule has 0 aliphatic carbocycles. The number of benzene rings is 3. The van der Waals surface area contributed by atoms with Gasteiger partial charge in [0.2, 0.25) is 0 Å². The van der Waals surface area contributed by atoms with Crippen LogP contribution in [-0.4, -0.2) is 14.8 Å². The van der Waals surface area contributed by atoms with Gasteiger partial charge in [0.15, 0.2) is 11.0 Å². The highest BCUT2D eigenvalue weighted by Gasteiger charge is 2.16. The van der Waals surface area contributed by atoms with Gasteiger partial charge >= 0.3 is 0 Å². The van der Waals surface area contributed by atoms with Crippen molar-refractivity contribution in [2.45, 2.75) is 31.7 Å². The van der Waals surface area contributed by atoms with Gasteiger partial charge in [-0.1, -0.05) is 64.8 Å². The number of rotatable bonds is 5. The molecule has 5 heteroatoms. The highest BCUT2D eigenvalue weighted by molar-refractivity contribution is 7.98. The number of halogens is 1. The number of aryl methyl sites for hydroxylation is 3. The van der Waals surface area contributed by atoms with Crippen LogP contribution in [0, 0.1) is 20.8 Å². The third-order valence-corrected chi connectivity index (χ3v) is 6.12. The van der Waals surface area contributed by atoms with Crippen molar-refractivity contribution in [3.8, 4) is 17.1 Å². The summed E-state index contributed by atoms with van der Waals surface area (Å²) < 4.78 is 2.12. The summed E-state index contributed by atoms with van der Waals surface area (Å²) in [5, 5.41) is 10.6. The minimum atomic E-state index is 0.708. The van der Waals surface area contributed by atoms with E-state index < -0.39 is 0 Å². The molecule has 0 unspecified atom stereocenters. The molecule has 4 aromatic rings. The van der Waals surface area contributed by atoms with Crippen LogP contribution < -0.4 is 0 Å². The standard InChI is InChI=1S/C24H22ClN3S/c1-16-5-12-22(13-6-16)28-23(19-8-10-21(25)11-9-19)26-27-24(28)29-15-20-14-17(2)4-7-18(20)3/h4-14H,15H2,1-3H3. The van der Waals surface area contributed by atoms with E-state index in [2.05, 4.69) is 78.0 Å². The van der Waals surface area contributed by atoms with Gasteiger partial charge in [-0.2, -0.15) is 0 Å². The lowest BCUT2D eigenvalue weighted by atomic mass is 10.1. The number of aromatic nitrogens is 3. The van der Waals surface area contributed by atoms with Gasteiger partial charge in [-0.15, -0.1) is 10.2 Å². The third-order valence-electron chi connectivity index (χ3n) is 4.89. The summed E-state index contributed by atoms with van der Waals surface area (Å²) in [6.45, 7) is 6.37. The first-order valence-electron chi connectivity index (χ1n) is 9.48. The second-order valence-corrected chi connectivity index (χ2v) is 8.58. The van der Waals surface area contributed by atoms with E-state index in [-0.39, 0.29) is 0 Å². The molecule has 0 bridgehead atoms. The fourth-order valence-corrected chi connectivity index (χ4v) is 4.32. The minimum absolute atomic E-state index is 0.708. The fraction of sp³-hybridized carbons (Fsp3) is 0.167. The second kappa shape index (κ2) is 8.44. The maximum absolute atomic E-state index is 6.08. The molecule has 146 valence electrons. The molecule has 0 fully saturated rings. The third kappa shape index (κ3) is 4.39. The monoisotopic (exact) mass is 419 g/mol. The summed E-state index contributed by atoms with van der Waals surface area (Å²) in [7, 11) is 0. The number of hydrogen-bond donors (Lipinski definition) is 0. The fourth-order valence-electron chi connectivity index (χ4n) is 3.17. The van der Waals surface area contributed by atoms with Crippen LogP contribution in [0.2, 0.25) is 5.02 Å². The maximum Gasteiger partial charge on any atom is 0.196 e. The Morgan fingerprint density at radius 3 is 2.24 bits per heavy atom. The second-order valence-electron chi connectivity index (χ2n) is 7.20. The quantitative estimate of drug-likeness (QED) is 0.333. The molecule has 0 radical (unpaired) electrons. The van der Waals surface area contributed by atoms with E-state index in [9.17, 15) is 0 Å². The zero-order valence-electron chi connectivity index (χ0n) is 16.7. The SMILES string of the molecule is Cc1ccc(-n2c(SCc3cc(C)ccc3C)nnc2-c2ccc(Cl)cc2)cc1. The normalized spacial score (nSPS) is 11.0. The van der Waals surface area contributed by atoms with Gasteiger partial charge in [-0.25, -0.2) is 0 Å². The number of nitrogens with zero attached hydrogens (tertiary/aromatic N) is 3. The van der Waals surface area contributed by atoms with Crippen molar-refractivity contribution in [3.63, 3.8) is 0 Å². The molecule has 29 heavy (non-hydrogen) atoms. The molecular formula is C24H22ClN3S. The lowest BCUT2D eigenvalue weighted by molar-refractivity contribution is 0.885. The van der Waals surface area contributed by atoms with E-state index in [4.69, 9.17) is 11.6 Å². The number of thioether (sulfide) groups is 1. The first kappa shape index (κ1) is 19.7. The Balaban J connectivity index is 1.74. The van der Waals surface area contributed by atoms with Crippen molar-refractivity contribution in [1.29, 1.82) is 0 Å². The molecule has 3 aromatic carbocycles. The maximum atomic E-state index is 6.08. The molecule has 0 aliphatic heterocycles. The van der Waals surface area contributed by atoms with E-state index in [1.165, 1.54) is 22.3 Å². The largest absolute Gasteiger partial charge is 0.270 e. The van der Waals surface area contributed by atoms with E-state index in [0.717, 1.165) is 28.0 Å². The van der Waals surface area contributed by atoms with E-state index in [1.807, 2.05) is 24.3 Å². The Morgan fingerprint density at radius 1 is 0.828 bits per heavy atom. The predicted octanol–water partition coefficient (Wildman–Crippen LogP) is 6.81. The zero-order chi connectivity index (χ0) is 20.4. The summed E-state index contributed by atoms with van der Waals surface area (Å²) >= 11 is 7.78. The van der Waals surface area contributed by atoms with E-state index >= 15 is 0 Å². The van der Waals surface area contributed by atoms with Gasteiger partial charge in [0.05, 0.1) is 0 Å². The summed E-state index contributed by atoms with van der Waals surface area (Å²) in [6.07, 6.45) is 0. The molecule has 0 N–H and O–H groups in total. The van der Waals surface area contributed by atoms with Gasteiger partial charge in [-0.3, -0.25) is 4.57 Å². The van der Waals surface area contributed by atoms with Crippen molar-refractivity contribution in [2.75, 3.05) is 0 Å². The van der Waals surface area contributed by atoms with Crippen LogP contribution in [0.25, 0.3) is 17.1 Å². The Bertz CT molecular complexity index is 1130. The summed E-state index contributed by atoms with van der Waals surface area (Å²) in [4.78, 5) is 0. The van der Waals surface area contributed by atoms with Crippen molar-refractivity contribution >= 4 is 23.4 Å². The molecule has 1 heterocycles. The smallest absolute Gasteiger partial charge is 0.196 e. The van der Waals surface area contributed by atoms with Crippen LogP contribution in [0.4, 0.5) is 0 Å². The van der Waals surface area contributed by atoms with E-state index in [0.29, 0.717) is 5.02 Å². The van der Waals surface area contributed by atoms with Crippen LogP contribution >= 0.6 is 23.4 Å². The molecule has 0 saturated carbocycles. The highest BCUT2D eigenvalue weighted by Crippen LogP contribution is 2.31. The lowest BCUT2D eigenvalue weighted by Gasteiger charge is -2.12. The average Bonchev–Trinajstić information content (AvgIpc) is 3.14. The Kier molecular flexibility index (Phi) is 5.74. The average molecular weight is 420 g/mol. The molecular weight excluding hydrogens is 398 g/mol. The van der Waals surface area contributed by atoms with Gasteiger partial charge in [-0.05, 0) is 68.3 Å². The van der Waals surface area contributed by atoms with Crippen molar-refractivity contribution in [1.82, 2.24) is 14.8 Å². The Labute approximate surface area is 180 Å². The van der Waals surface area contributed by atoms with E-state index in [1.54, 1.807) is 11.8 Å². The first-order chi connectivity index (χ1) is 14.0.